The third-order valence-corrected chi connectivity index (χ3v) is 5.61. The number of hydrogen-bond acceptors (Lipinski definition) is 9. The Labute approximate surface area is 249 Å². The second-order valence-corrected chi connectivity index (χ2v) is 9.18. The molecule has 3 heterocycles. The summed E-state index contributed by atoms with van der Waals surface area (Å²) in [6.45, 7) is 3.15. The van der Waals surface area contributed by atoms with E-state index < -0.39 is 29.4 Å². The molecule has 3 N–H and O–H groups in total. The van der Waals surface area contributed by atoms with E-state index in [1.165, 1.54) is 46.9 Å². The second kappa shape index (κ2) is 13.3. The third-order valence-electron chi connectivity index (χ3n) is 5.61. The van der Waals surface area contributed by atoms with Gasteiger partial charge < -0.3 is 4.42 Å². The third kappa shape index (κ3) is 8.92. The number of rotatable bonds is 6. The minimum atomic E-state index is -4.44. The van der Waals surface area contributed by atoms with Crippen molar-refractivity contribution in [1.82, 2.24) is 45.2 Å². The summed E-state index contributed by atoms with van der Waals surface area (Å²) in [7, 11) is 0. The Balaban J connectivity index is 0.000000205. The monoisotopic (exact) mass is 632 g/mol. The summed E-state index contributed by atoms with van der Waals surface area (Å²) >= 11 is 0. The average molecular weight is 633 g/mol. The number of nitrogens with two attached hydrogens (primary N) is 1. The zero-order chi connectivity index (χ0) is 32.8. The summed E-state index contributed by atoms with van der Waals surface area (Å²) in [6, 6.07) is 7.27. The van der Waals surface area contributed by atoms with Gasteiger partial charge in [0.1, 0.15) is 12.7 Å². The van der Waals surface area contributed by atoms with E-state index in [4.69, 9.17) is 10.3 Å². The largest absolute Gasteiger partial charge is 0.424 e. The molecule has 0 saturated heterocycles. The zero-order valence-corrected chi connectivity index (χ0v) is 23.2. The first-order valence-electron chi connectivity index (χ1n) is 12.6. The van der Waals surface area contributed by atoms with Crippen LogP contribution in [0.25, 0.3) is 41.3 Å². The lowest BCUT2D eigenvalue weighted by atomic mass is 10.1. The number of aryl methyl sites for hydroxylation is 2. The molecule has 1 amide bonds. The van der Waals surface area contributed by atoms with E-state index in [9.17, 15) is 31.1 Å². The maximum absolute atomic E-state index is 12.9. The Morgan fingerprint density at radius 1 is 0.822 bits per heavy atom. The molecule has 0 spiro atoms. The van der Waals surface area contributed by atoms with Gasteiger partial charge in [-0.2, -0.15) is 26.3 Å². The lowest BCUT2D eigenvalue weighted by molar-refractivity contribution is -0.138. The predicted octanol–water partition coefficient (Wildman–Crippen LogP) is 5.02. The number of carbonyl (C=O) groups excluding carboxylic acids is 1. The number of alkyl halides is 6. The Kier molecular flexibility index (Phi) is 9.56. The lowest BCUT2D eigenvalue weighted by Gasteiger charge is -2.09. The van der Waals surface area contributed by atoms with E-state index in [0.29, 0.717) is 16.7 Å². The van der Waals surface area contributed by atoms with Gasteiger partial charge in [-0.3, -0.25) is 10.2 Å². The molecule has 5 aromatic rings. The Bertz CT molecular complexity index is 1820. The van der Waals surface area contributed by atoms with Crippen molar-refractivity contribution in [3.8, 4) is 22.8 Å². The highest BCUT2D eigenvalue weighted by Crippen LogP contribution is 2.33. The fourth-order valence-corrected chi connectivity index (χ4v) is 3.70. The van der Waals surface area contributed by atoms with Gasteiger partial charge in [0.15, 0.2) is 11.6 Å². The fraction of sp³-hybridized carbons (Fsp3) is 0.148. The summed E-state index contributed by atoms with van der Waals surface area (Å²) in [4.78, 5) is 18.9. The average Bonchev–Trinajstić information content (AvgIpc) is 3.76. The van der Waals surface area contributed by atoms with Crippen LogP contribution in [0.5, 0.6) is 0 Å². The smallest absolute Gasteiger partial charge is 0.416 e. The number of carbonyl (C=O) groups is 1. The maximum atomic E-state index is 12.9. The van der Waals surface area contributed by atoms with E-state index >= 15 is 0 Å². The molecular formula is C27H22F6N10O2. The first-order chi connectivity index (χ1) is 21.2. The van der Waals surface area contributed by atoms with Crippen LogP contribution in [0.3, 0.4) is 0 Å². The number of aromatic nitrogens is 8. The molecule has 0 aliphatic rings. The van der Waals surface area contributed by atoms with Crippen molar-refractivity contribution < 1.29 is 35.6 Å². The van der Waals surface area contributed by atoms with Crippen molar-refractivity contribution in [2.24, 2.45) is 5.84 Å². The highest BCUT2D eigenvalue weighted by Gasteiger charge is 2.32. The number of hydrogen-bond donors (Lipinski definition) is 2. The second-order valence-electron chi connectivity index (χ2n) is 9.18. The maximum Gasteiger partial charge on any atom is 0.416 e. The van der Waals surface area contributed by atoms with E-state index in [1.54, 1.807) is 26.0 Å². The Hall–Kier alpha value is -5.65. The van der Waals surface area contributed by atoms with E-state index in [-0.39, 0.29) is 23.1 Å². The molecule has 3 aromatic heterocycles. The highest BCUT2D eigenvalue weighted by atomic mass is 19.4. The van der Waals surface area contributed by atoms with Gasteiger partial charge in [0.05, 0.1) is 11.1 Å². The van der Waals surface area contributed by atoms with E-state index in [2.05, 4.69) is 30.4 Å². The summed E-state index contributed by atoms with van der Waals surface area (Å²) in [6.07, 6.45) is 0.354. The molecule has 0 fully saturated rings. The van der Waals surface area contributed by atoms with Crippen LogP contribution >= 0.6 is 0 Å². The van der Waals surface area contributed by atoms with Crippen molar-refractivity contribution in [2.45, 2.75) is 26.2 Å². The molecule has 2 aromatic carbocycles. The van der Waals surface area contributed by atoms with Crippen molar-refractivity contribution >= 4 is 24.4 Å². The molecule has 0 aliphatic carbocycles. The van der Waals surface area contributed by atoms with Gasteiger partial charge in [-0.05, 0) is 61.4 Å². The Morgan fingerprint density at radius 2 is 1.33 bits per heavy atom. The normalized spacial score (nSPS) is 12.0. The molecule has 0 bridgehead atoms. The number of amides is 1. The quantitative estimate of drug-likeness (QED) is 0.0863. The van der Waals surface area contributed by atoms with Crippen molar-refractivity contribution in [1.29, 1.82) is 0 Å². The number of benzene rings is 2. The van der Waals surface area contributed by atoms with E-state index in [0.717, 1.165) is 30.3 Å². The molecule has 234 valence electrons. The molecule has 12 nitrogen and oxygen atoms in total. The van der Waals surface area contributed by atoms with Gasteiger partial charge in [0.2, 0.25) is 12.3 Å². The summed E-state index contributed by atoms with van der Waals surface area (Å²) < 4.78 is 84.5. The fourth-order valence-electron chi connectivity index (χ4n) is 3.70. The van der Waals surface area contributed by atoms with E-state index in [1.807, 2.05) is 5.43 Å². The first kappa shape index (κ1) is 32.3. The van der Waals surface area contributed by atoms with Crippen LogP contribution in [-0.4, -0.2) is 45.6 Å². The number of nitrogens with one attached hydrogen (secondary N) is 1. The minimum Gasteiger partial charge on any atom is -0.424 e. The molecule has 0 saturated carbocycles. The molecule has 0 aliphatic heterocycles. The summed E-state index contributed by atoms with van der Waals surface area (Å²) in [5, 5.41) is 15.3. The van der Waals surface area contributed by atoms with Gasteiger partial charge in [0, 0.05) is 35.7 Å². The van der Waals surface area contributed by atoms with Crippen LogP contribution in [0.15, 0.2) is 65.9 Å². The molecule has 0 atom stereocenters. The zero-order valence-electron chi connectivity index (χ0n) is 23.2. The van der Waals surface area contributed by atoms with Gasteiger partial charge in [0.25, 0.3) is 5.91 Å². The van der Waals surface area contributed by atoms with Gasteiger partial charge in [-0.1, -0.05) is 0 Å². The van der Waals surface area contributed by atoms with Crippen molar-refractivity contribution in [3.63, 3.8) is 0 Å². The number of hydrazine groups is 1. The molecule has 0 radical (unpaired) electrons. The van der Waals surface area contributed by atoms with Crippen LogP contribution in [-0.2, 0) is 17.1 Å². The predicted molar refractivity (Wildman–Crippen MR) is 148 cm³/mol. The van der Waals surface area contributed by atoms with Gasteiger partial charge in [-0.15, -0.1) is 20.4 Å². The summed E-state index contributed by atoms with van der Waals surface area (Å²) in [5.74, 6) is 4.94. The minimum absolute atomic E-state index is 0.118. The summed E-state index contributed by atoms with van der Waals surface area (Å²) in [5.41, 5.74) is 1.85. The van der Waals surface area contributed by atoms with Gasteiger partial charge >= 0.3 is 12.4 Å². The van der Waals surface area contributed by atoms with Crippen LogP contribution in [0.1, 0.15) is 28.1 Å². The topological polar surface area (TPSA) is 155 Å². The van der Waals surface area contributed by atoms with Crippen LogP contribution in [0.4, 0.5) is 26.3 Å². The SMILES string of the molecule is Cc1cc(-c2ncn(/C=C\C(=O)NN)n2)cc(C(F)(F)F)c1.Cc1cc(-c2ncn(/C=C\c3nnco3)n2)cc(C(F)(F)F)c1. The number of nitrogens with zero attached hydrogens (tertiary/aromatic N) is 8. The molecule has 0 unspecified atom stereocenters. The standard InChI is InChI=1S/C14H10F3N5O.C13H12F3N5O/c1-9-4-10(6-11(5-9)14(15,16)17)13-18-7-22(21-13)3-2-12-20-19-8-23-12;1-8-4-9(6-10(5-8)13(14,15)16)12-18-7-21(20-12)3-2-11(22)19-17/h2-8H,1H3;2-7H,17H2,1H3,(H,19,22)/b2*3-2-. The first-order valence-corrected chi connectivity index (χ1v) is 12.6. The Morgan fingerprint density at radius 3 is 1.78 bits per heavy atom. The molecule has 18 heteroatoms. The van der Waals surface area contributed by atoms with Crippen molar-refractivity contribution in [2.75, 3.05) is 0 Å². The van der Waals surface area contributed by atoms with Crippen LogP contribution < -0.4 is 11.3 Å². The molecule has 45 heavy (non-hydrogen) atoms. The highest BCUT2D eigenvalue weighted by molar-refractivity contribution is 5.89. The number of halogens is 6. The molecular weight excluding hydrogens is 610 g/mol. The molecule has 5 rings (SSSR count). The van der Waals surface area contributed by atoms with Crippen LogP contribution in [0, 0.1) is 13.8 Å². The van der Waals surface area contributed by atoms with Gasteiger partial charge in [-0.25, -0.2) is 25.2 Å². The van der Waals surface area contributed by atoms with Crippen molar-refractivity contribution in [3.05, 3.63) is 89.7 Å². The lowest BCUT2D eigenvalue weighted by Crippen LogP contribution is -2.28. The van der Waals surface area contributed by atoms with Crippen LogP contribution in [0.2, 0.25) is 0 Å².